The van der Waals surface area contributed by atoms with Gasteiger partial charge in [-0.15, -0.1) is 0 Å². The largest absolute Gasteiger partial charge is 0.348 e. The predicted molar refractivity (Wildman–Crippen MR) is 75.4 cm³/mol. The van der Waals surface area contributed by atoms with E-state index in [0.29, 0.717) is 5.11 Å². The van der Waals surface area contributed by atoms with Crippen molar-refractivity contribution in [2.75, 3.05) is 13.1 Å². The lowest BCUT2D eigenvalue weighted by molar-refractivity contribution is 0.338. The smallest absolute Gasteiger partial charge is 0.189 e. The van der Waals surface area contributed by atoms with Crippen LogP contribution in [0.4, 0.5) is 0 Å². The second-order valence-corrected chi connectivity index (χ2v) is 4.64. The minimum Gasteiger partial charge on any atom is -0.348 e. The molecule has 1 aromatic rings. The molecule has 1 aromatic heterocycles. The molecule has 1 N–H and O–H groups in total. The van der Waals surface area contributed by atoms with Gasteiger partial charge in [0.25, 0.3) is 0 Å². The highest BCUT2D eigenvalue weighted by Gasteiger charge is 2.12. The van der Waals surface area contributed by atoms with E-state index in [2.05, 4.69) is 25.4 Å². The summed E-state index contributed by atoms with van der Waals surface area (Å²) in [6.45, 7) is 3.94. The normalized spacial score (nSPS) is 16.5. The lowest BCUT2D eigenvalue weighted by atomic mass is 10.1. The van der Waals surface area contributed by atoms with Crippen LogP contribution >= 0.6 is 12.2 Å². The van der Waals surface area contributed by atoms with Crippen LogP contribution in [0, 0.1) is 0 Å². The van der Waals surface area contributed by atoms with E-state index in [1.54, 1.807) is 6.20 Å². The number of aromatic nitrogens is 2. The predicted octanol–water partition coefficient (Wildman–Crippen LogP) is 1.56. The molecule has 0 unspecified atom stereocenters. The van der Waals surface area contributed by atoms with E-state index < -0.39 is 0 Å². The van der Waals surface area contributed by atoms with Crippen LogP contribution in [0.5, 0.6) is 0 Å². The average molecular weight is 263 g/mol. The second-order valence-electron chi connectivity index (χ2n) is 4.26. The minimum atomic E-state index is 0.697. The summed E-state index contributed by atoms with van der Waals surface area (Å²) in [7, 11) is 0. The Bertz CT molecular complexity index is 425. The molecule has 0 amide bonds. The molecule has 2 heterocycles. The maximum atomic E-state index is 5.32. The third-order valence-corrected chi connectivity index (χ3v) is 3.26. The number of likely N-dealkylation sites (tertiary alicyclic amines) is 1. The van der Waals surface area contributed by atoms with Crippen LogP contribution in [0.2, 0.25) is 0 Å². The summed E-state index contributed by atoms with van der Waals surface area (Å²) in [5, 5.41) is 4.96. The highest BCUT2D eigenvalue weighted by molar-refractivity contribution is 7.80. The third kappa shape index (κ3) is 3.46. The van der Waals surface area contributed by atoms with Crippen LogP contribution < -0.4 is 5.43 Å². The summed E-state index contributed by atoms with van der Waals surface area (Å²) < 4.78 is 0. The zero-order valence-corrected chi connectivity index (χ0v) is 11.3. The average Bonchev–Trinajstić information content (AvgIpc) is 2.46. The quantitative estimate of drug-likeness (QED) is 0.498. The number of rotatable bonds is 2. The molecule has 0 aliphatic carbocycles. The number of hydrogen-bond acceptors (Lipinski definition) is 4. The maximum absolute atomic E-state index is 5.32. The van der Waals surface area contributed by atoms with Gasteiger partial charge in [-0.3, -0.25) is 5.43 Å². The van der Waals surface area contributed by atoms with Gasteiger partial charge in [0.05, 0.1) is 11.4 Å². The Kier molecular flexibility index (Phi) is 4.58. The summed E-state index contributed by atoms with van der Waals surface area (Å²) in [4.78, 5) is 10.2. The van der Waals surface area contributed by atoms with Crippen molar-refractivity contribution < 1.29 is 0 Å². The molecule has 0 radical (unpaired) electrons. The van der Waals surface area contributed by atoms with Gasteiger partial charge in [-0.25, -0.2) is 9.97 Å². The fourth-order valence-corrected chi connectivity index (χ4v) is 2.09. The van der Waals surface area contributed by atoms with Crippen LogP contribution in [0.15, 0.2) is 23.7 Å². The standard InChI is InChI=1S/C12H17N5S/c1-10(11-5-6-13-9-14-11)15-16-12(18)17-7-3-2-4-8-17/h5-6,9H,2-4,7-8H2,1H3,(H,16,18)/b15-10+. The summed E-state index contributed by atoms with van der Waals surface area (Å²) in [6.07, 6.45) is 6.91. The molecule has 0 spiro atoms. The zero-order chi connectivity index (χ0) is 12.8. The van der Waals surface area contributed by atoms with Crippen molar-refractivity contribution in [3.05, 3.63) is 24.3 Å². The first kappa shape index (κ1) is 12.9. The number of piperidine rings is 1. The first-order valence-electron chi connectivity index (χ1n) is 6.13. The molecule has 0 aromatic carbocycles. The number of nitrogens with one attached hydrogen (secondary N) is 1. The van der Waals surface area contributed by atoms with E-state index in [4.69, 9.17) is 12.2 Å². The van der Waals surface area contributed by atoms with Crippen LogP contribution in [-0.2, 0) is 0 Å². The van der Waals surface area contributed by atoms with Crippen molar-refractivity contribution in [1.82, 2.24) is 20.3 Å². The number of thiocarbonyl (C=S) groups is 1. The Hall–Kier alpha value is -1.56. The molecule has 6 heteroatoms. The van der Waals surface area contributed by atoms with Gasteiger partial charge >= 0.3 is 0 Å². The van der Waals surface area contributed by atoms with Crippen molar-refractivity contribution in [3.8, 4) is 0 Å². The molecular weight excluding hydrogens is 246 g/mol. The Labute approximate surface area is 112 Å². The highest BCUT2D eigenvalue weighted by atomic mass is 32.1. The molecule has 18 heavy (non-hydrogen) atoms. The van der Waals surface area contributed by atoms with Gasteiger partial charge in [-0.1, -0.05) is 0 Å². The monoisotopic (exact) mass is 263 g/mol. The topological polar surface area (TPSA) is 53.4 Å². The fraction of sp³-hybridized carbons (Fsp3) is 0.500. The van der Waals surface area contributed by atoms with Crippen molar-refractivity contribution in [2.45, 2.75) is 26.2 Å². The summed E-state index contributed by atoms with van der Waals surface area (Å²) in [5.41, 5.74) is 4.54. The second kappa shape index (κ2) is 6.39. The van der Waals surface area contributed by atoms with Gasteiger partial charge in [-0.2, -0.15) is 5.10 Å². The van der Waals surface area contributed by atoms with Crippen molar-refractivity contribution in [1.29, 1.82) is 0 Å². The van der Waals surface area contributed by atoms with Crippen molar-refractivity contribution >= 4 is 23.0 Å². The van der Waals surface area contributed by atoms with Gasteiger partial charge in [0.15, 0.2) is 5.11 Å². The number of nitrogens with zero attached hydrogens (tertiary/aromatic N) is 4. The fourth-order valence-electron chi connectivity index (χ4n) is 1.86. The van der Waals surface area contributed by atoms with Gasteiger partial charge in [0.1, 0.15) is 6.33 Å². The molecule has 0 saturated carbocycles. The first-order chi connectivity index (χ1) is 8.77. The van der Waals surface area contributed by atoms with Gasteiger partial charge in [0, 0.05) is 19.3 Å². The molecule has 1 aliphatic rings. The molecule has 0 bridgehead atoms. The highest BCUT2D eigenvalue weighted by Crippen LogP contribution is 2.08. The molecule has 2 rings (SSSR count). The Morgan fingerprint density at radius 2 is 2.17 bits per heavy atom. The van der Waals surface area contributed by atoms with Crippen LogP contribution in [0.3, 0.4) is 0 Å². The lowest BCUT2D eigenvalue weighted by Gasteiger charge is -2.28. The maximum Gasteiger partial charge on any atom is 0.189 e. The Morgan fingerprint density at radius 3 is 2.83 bits per heavy atom. The summed E-state index contributed by atoms with van der Waals surface area (Å²) in [6, 6.07) is 1.82. The van der Waals surface area contributed by atoms with E-state index >= 15 is 0 Å². The summed E-state index contributed by atoms with van der Waals surface area (Å²) >= 11 is 5.32. The molecule has 1 fully saturated rings. The zero-order valence-electron chi connectivity index (χ0n) is 10.5. The van der Waals surface area contributed by atoms with E-state index in [-0.39, 0.29) is 0 Å². The molecule has 5 nitrogen and oxygen atoms in total. The van der Waals surface area contributed by atoms with E-state index in [1.807, 2.05) is 13.0 Å². The third-order valence-electron chi connectivity index (χ3n) is 2.92. The van der Waals surface area contributed by atoms with Crippen molar-refractivity contribution in [2.24, 2.45) is 5.10 Å². The molecule has 0 atom stereocenters. The van der Waals surface area contributed by atoms with Crippen LogP contribution in [-0.4, -0.2) is 38.8 Å². The molecule has 1 saturated heterocycles. The Balaban J connectivity index is 1.91. The van der Waals surface area contributed by atoms with Gasteiger partial charge in [-0.05, 0) is 44.5 Å². The van der Waals surface area contributed by atoms with E-state index in [1.165, 1.54) is 25.6 Å². The SMILES string of the molecule is C/C(=N\NC(=S)N1CCCCC1)c1ccncn1. The van der Waals surface area contributed by atoms with Crippen molar-refractivity contribution in [3.63, 3.8) is 0 Å². The number of hydrazone groups is 1. The van der Waals surface area contributed by atoms with E-state index in [9.17, 15) is 0 Å². The Morgan fingerprint density at radius 1 is 1.39 bits per heavy atom. The van der Waals surface area contributed by atoms with Crippen LogP contribution in [0.1, 0.15) is 31.9 Å². The van der Waals surface area contributed by atoms with Crippen LogP contribution in [0.25, 0.3) is 0 Å². The van der Waals surface area contributed by atoms with Gasteiger partial charge < -0.3 is 4.90 Å². The lowest BCUT2D eigenvalue weighted by Crippen LogP contribution is -2.41. The minimum absolute atomic E-state index is 0.697. The molecule has 1 aliphatic heterocycles. The molecular formula is C12H17N5S. The van der Waals surface area contributed by atoms with E-state index in [0.717, 1.165) is 24.5 Å². The first-order valence-corrected chi connectivity index (χ1v) is 6.54. The van der Waals surface area contributed by atoms with Gasteiger partial charge in [0.2, 0.25) is 0 Å². The summed E-state index contributed by atoms with van der Waals surface area (Å²) in [5.74, 6) is 0. The number of hydrogen-bond donors (Lipinski definition) is 1. The molecule has 96 valence electrons.